The second-order valence-electron chi connectivity index (χ2n) is 5.70. The zero-order valence-electron chi connectivity index (χ0n) is 11.3. The van der Waals surface area contributed by atoms with E-state index in [1.54, 1.807) is 0 Å². The highest BCUT2D eigenvalue weighted by Gasteiger charge is 2.39. The van der Waals surface area contributed by atoms with Gasteiger partial charge in [-0.15, -0.1) is 0 Å². The minimum Gasteiger partial charge on any atom is -0.361 e. The summed E-state index contributed by atoms with van der Waals surface area (Å²) in [6.45, 7) is 0.663. The van der Waals surface area contributed by atoms with Crippen LogP contribution in [0.3, 0.4) is 0 Å². The van der Waals surface area contributed by atoms with Crippen molar-refractivity contribution in [3.8, 4) is 0 Å². The van der Waals surface area contributed by atoms with Crippen LogP contribution < -0.4 is 0 Å². The number of rotatable bonds is 2. The van der Waals surface area contributed by atoms with E-state index in [9.17, 15) is 4.79 Å². The SMILES string of the molecule is O=C1CCC[C@@H]2OC[C@H](Cc3c[nH]c4ccccc34)N12. The molecule has 2 aliphatic heterocycles. The Bertz CT molecular complexity index is 649. The molecule has 3 heterocycles. The number of ether oxygens (including phenoxy) is 1. The minimum absolute atomic E-state index is 0.0199. The molecule has 0 aliphatic carbocycles. The number of aromatic amines is 1. The maximum absolute atomic E-state index is 12.1. The van der Waals surface area contributed by atoms with Crippen LogP contribution in [0.25, 0.3) is 10.9 Å². The van der Waals surface area contributed by atoms with E-state index in [2.05, 4.69) is 29.4 Å². The Hall–Kier alpha value is -1.81. The van der Waals surface area contributed by atoms with Gasteiger partial charge in [-0.25, -0.2) is 0 Å². The Balaban J connectivity index is 1.61. The van der Waals surface area contributed by atoms with E-state index in [-0.39, 0.29) is 18.2 Å². The number of hydrogen-bond acceptors (Lipinski definition) is 2. The molecule has 2 atom stereocenters. The molecule has 0 saturated carbocycles. The molecule has 2 aliphatic rings. The molecule has 2 saturated heterocycles. The quantitative estimate of drug-likeness (QED) is 0.911. The van der Waals surface area contributed by atoms with Gasteiger partial charge in [0.1, 0.15) is 6.23 Å². The smallest absolute Gasteiger partial charge is 0.224 e. The Morgan fingerprint density at radius 2 is 2.25 bits per heavy atom. The molecule has 0 unspecified atom stereocenters. The fourth-order valence-electron chi connectivity index (χ4n) is 3.47. The number of benzene rings is 1. The Morgan fingerprint density at radius 1 is 1.35 bits per heavy atom. The van der Waals surface area contributed by atoms with Crippen LogP contribution in [-0.2, 0) is 16.0 Å². The van der Waals surface area contributed by atoms with Gasteiger partial charge in [-0.05, 0) is 30.9 Å². The summed E-state index contributed by atoms with van der Waals surface area (Å²) in [5.41, 5.74) is 2.43. The van der Waals surface area contributed by atoms with Gasteiger partial charge in [0.15, 0.2) is 0 Å². The highest BCUT2D eigenvalue weighted by Crippen LogP contribution is 2.30. The Morgan fingerprint density at radius 3 is 3.20 bits per heavy atom. The normalized spacial score (nSPS) is 26.2. The number of para-hydroxylation sites is 1. The fourth-order valence-corrected chi connectivity index (χ4v) is 3.47. The van der Waals surface area contributed by atoms with Crippen molar-refractivity contribution in [2.24, 2.45) is 0 Å². The number of amides is 1. The van der Waals surface area contributed by atoms with Gasteiger partial charge < -0.3 is 14.6 Å². The molecular weight excluding hydrogens is 252 g/mol. The van der Waals surface area contributed by atoms with E-state index in [0.29, 0.717) is 13.0 Å². The number of carbonyl (C=O) groups excluding carboxylic acids is 1. The average molecular weight is 270 g/mol. The molecule has 2 fully saturated rings. The van der Waals surface area contributed by atoms with E-state index in [1.165, 1.54) is 10.9 Å². The van der Waals surface area contributed by atoms with Crippen LogP contribution in [0.15, 0.2) is 30.5 Å². The van der Waals surface area contributed by atoms with Crippen LogP contribution in [0.2, 0.25) is 0 Å². The maximum Gasteiger partial charge on any atom is 0.224 e. The highest BCUT2D eigenvalue weighted by atomic mass is 16.5. The lowest BCUT2D eigenvalue weighted by Gasteiger charge is -2.31. The molecule has 4 heteroatoms. The summed E-state index contributed by atoms with van der Waals surface area (Å²) in [4.78, 5) is 17.4. The summed E-state index contributed by atoms with van der Waals surface area (Å²) in [5, 5.41) is 1.25. The van der Waals surface area contributed by atoms with Gasteiger partial charge in [0, 0.05) is 23.5 Å². The van der Waals surface area contributed by atoms with Crippen LogP contribution >= 0.6 is 0 Å². The number of nitrogens with one attached hydrogen (secondary N) is 1. The fraction of sp³-hybridized carbons (Fsp3) is 0.438. The standard InChI is InChI=1S/C16H18N2O2/c19-15-6-3-7-16-18(15)12(10-20-16)8-11-9-17-14-5-2-1-4-13(11)14/h1-2,4-5,9,12,16-17H,3,6-8,10H2/t12-,16-/m0/s1. The summed E-state index contributed by atoms with van der Waals surface area (Å²) in [6, 6.07) is 8.49. The van der Waals surface area contributed by atoms with Crippen LogP contribution in [0, 0.1) is 0 Å². The van der Waals surface area contributed by atoms with Crippen molar-refractivity contribution in [1.82, 2.24) is 9.88 Å². The summed E-state index contributed by atoms with van der Waals surface area (Å²) < 4.78 is 5.80. The zero-order chi connectivity index (χ0) is 13.5. The Labute approximate surface area is 117 Å². The first-order valence-corrected chi connectivity index (χ1v) is 7.31. The predicted octanol–water partition coefficient (Wildman–Crippen LogP) is 2.45. The van der Waals surface area contributed by atoms with E-state index in [4.69, 9.17) is 4.74 Å². The molecule has 0 spiro atoms. The van der Waals surface area contributed by atoms with Crippen molar-refractivity contribution in [3.05, 3.63) is 36.0 Å². The second kappa shape index (κ2) is 4.63. The summed E-state index contributed by atoms with van der Waals surface area (Å²) in [5.74, 6) is 0.253. The Kier molecular flexibility index (Phi) is 2.77. The van der Waals surface area contributed by atoms with Crippen molar-refractivity contribution < 1.29 is 9.53 Å². The minimum atomic E-state index is 0.0199. The van der Waals surface area contributed by atoms with Gasteiger partial charge in [-0.3, -0.25) is 4.79 Å². The molecule has 1 amide bonds. The summed E-state index contributed by atoms with van der Waals surface area (Å²) in [7, 11) is 0. The lowest BCUT2D eigenvalue weighted by molar-refractivity contribution is -0.142. The van der Waals surface area contributed by atoms with Crippen molar-refractivity contribution in [1.29, 1.82) is 0 Å². The predicted molar refractivity (Wildman–Crippen MR) is 76.2 cm³/mol. The molecule has 1 N–H and O–H groups in total. The number of nitrogens with zero attached hydrogens (tertiary/aromatic N) is 1. The van der Waals surface area contributed by atoms with Crippen LogP contribution in [0.5, 0.6) is 0 Å². The molecular formula is C16H18N2O2. The van der Waals surface area contributed by atoms with Crippen molar-refractivity contribution in [2.45, 2.75) is 38.0 Å². The monoisotopic (exact) mass is 270 g/mol. The van der Waals surface area contributed by atoms with Gasteiger partial charge >= 0.3 is 0 Å². The van der Waals surface area contributed by atoms with Gasteiger partial charge in [-0.2, -0.15) is 0 Å². The molecule has 20 heavy (non-hydrogen) atoms. The molecule has 104 valence electrons. The first-order valence-electron chi connectivity index (χ1n) is 7.31. The number of piperidine rings is 1. The number of carbonyl (C=O) groups is 1. The van der Waals surface area contributed by atoms with E-state index >= 15 is 0 Å². The van der Waals surface area contributed by atoms with Crippen LogP contribution in [0.1, 0.15) is 24.8 Å². The lowest BCUT2D eigenvalue weighted by Crippen LogP contribution is -2.45. The van der Waals surface area contributed by atoms with Crippen molar-refractivity contribution >= 4 is 16.8 Å². The highest BCUT2D eigenvalue weighted by molar-refractivity contribution is 5.83. The molecule has 4 rings (SSSR count). The van der Waals surface area contributed by atoms with Gasteiger partial charge in [0.25, 0.3) is 0 Å². The first kappa shape index (κ1) is 12.0. The molecule has 1 aromatic heterocycles. The first-order chi connectivity index (χ1) is 9.83. The summed E-state index contributed by atoms with van der Waals surface area (Å²) >= 11 is 0. The van der Waals surface area contributed by atoms with Crippen LogP contribution in [0.4, 0.5) is 0 Å². The second-order valence-corrected chi connectivity index (χ2v) is 5.70. The average Bonchev–Trinajstić information content (AvgIpc) is 3.06. The largest absolute Gasteiger partial charge is 0.361 e. The third kappa shape index (κ3) is 1.83. The third-order valence-electron chi connectivity index (χ3n) is 4.44. The van der Waals surface area contributed by atoms with Crippen molar-refractivity contribution in [2.75, 3.05) is 6.61 Å². The molecule has 0 bridgehead atoms. The molecule has 2 aromatic rings. The number of hydrogen-bond donors (Lipinski definition) is 1. The number of aromatic nitrogens is 1. The topological polar surface area (TPSA) is 45.3 Å². The molecule has 4 nitrogen and oxygen atoms in total. The number of fused-ring (bicyclic) bond motifs is 2. The zero-order valence-corrected chi connectivity index (χ0v) is 11.3. The van der Waals surface area contributed by atoms with E-state index in [1.807, 2.05) is 11.0 Å². The maximum atomic E-state index is 12.1. The lowest BCUT2D eigenvalue weighted by atomic mass is 10.0. The molecule has 1 aromatic carbocycles. The van der Waals surface area contributed by atoms with E-state index in [0.717, 1.165) is 24.8 Å². The van der Waals surface area contributed by atoms with E-state index < -0.39 is 0 Å². The van der Waals surface area contributed by atoms with Gasteiger partial charge in [0.05, 0.1) is 12.6 Å². The summed E-state index contributed by atoms with van der Waals surface area (Å²) in [6.07, 6.45) is 5.56. The van der Waals surface area contributed by atoms with Crippen molar-refractivity contribution in [3.63, 3.8) is 0 Å². The van der Waals surface area contributed by atoms with Crippen LogP contribution in [-0.4, -0.2) is 34.7 Å². The number of H-pyrrole nitrogens is 1. The van der Waals surface area contributed by atoms with Gasteiger partial charge in [-0.1, -0.05) is 18.2 Å². The third-order valence-corrected chi connectivity index (χ3v) is 4.44. The molecule has 0 radical (unpaired) electrons. The van der Waals surface area contributed by atoms with Gasteiger partial charge in [0.2, 0.25) is 5.91 Å².